The predicted octanol–water partition coefficient (Wildman–Crippen LogP) is 6.91. The number of rotatable bonds is 11. The third-order valence-corrected chi connectivity index (χ3v) is 10.2. The summed E-state index contributed by atoms with van der Waals surface area (Å²) in [5, 5.41) is 12.6. The van der Waals surface area contributed by atoms with E-state index in [-0.39, 0.29) is 11.9 Å². The van der Waals surface area contributed by atoms with Gasteiger partial charge < -0.3 is 34.8 Å². The zero-order valence-corrected chi connectivity index (χ0v) is 28.8. The van der Waals surface area contributed by atoms with Crippen molar-refractivity contribution in [3.8, 4) is 16.9 Å². The molecule has 8 rings (SSSR count). The Labute approximate surface area is 297 Å². The summed E-state index contributed by atoms with van der Waals surface area (Å²) in [6.45, 7) is 5.05. The van der Waals surface area contributed by atoms with Gasteiger partial charge in [0, 0.05) is 102 Å². The van der Waals surface area contributed by atoms with Gasteiger partial charge in [-0.25, -0.2) is 4.98 Å². The fourth-order valence-electron chi connectivity index (χ4n) is 7.62. The molecule has 7 aromatic rings. The Morgan fingerprint density at radius 2 is 1.73 bits per heavy atom. The van der Waals surface area contributed by atoms with E-state index in [9.17, 15) is 9.90 Å². The maximum atomic E-state index is 11.8. The molecule has 4 heterocycles. The summed E-state index contributed by atoms with van der Waals surface area (Å²) < 4.78 is 4.39. The number of benzene rings is 4. The molecule has 1 aliphatic rings. The second-order valence-electron chi connectivity index (χ2n) is 13.7. The molecule has 1 amide bonds. The Bertz CT molecular complexity index is 2280. The standard InChI is InChI=1S/C42H43N7O2/c1-29(50)23-40-42(31-5-3-2-4-6-31)45-28-47(40)26-30-7-15-39-33(24-30)18-20-49(39)35-10-8-34(9-11-35)46-21-22-48(37(27-46)13-16-41(43)51)36-12-14-38-32(25-36)17-19-44-38/h2-12,14-15,17-20,24-25,28-29,37,44,50H,13,16,21-23,26-27H2,1H3,(H2,43,51). The predicted molar refractivity (Wildman–Crippen MR) is 205 cm³/mol. The van der Waals surface area contributed by atoms with Crippen LogP contribution in [0.5, 0.6) is 0 Å². The van der Waals surface area contributed by atoms with E-state index in [4.69, 9.17) is 10.7 Å². The molecule has 4 N–H and O–H groups in total. The minimum atomic E-state index is -0.468. The summed E-state index contributed by atoms with van der Waals surface area (Å²) in [5.74, 6) is -0.261. The van der Waals surface area contributed by atoms with Crippen molar-refractivity contribution in [1.82, 2.24) is 19.1 Å². The van der Waals surface area contributed by atoms with Gasteiger partial charge in [0.2, 0.25) is 5.91 Å². The number of H-pyrrole nitrogens is 1. The van der Waals surface area contributed by atoms with Crippen molar-refractivity contribution in [2.75, 3.05) is 29.4 Å². The van der Waals surface area contributed by atoms with Crippen molar-refractivity contribution >= 4 is 39.1 Å². The second-order valence-corrected chi connectivity index (χ2v) is 13.7. The minimum Gasteiger partial charge on any atom is -0.393 e. The molecule has 258 valence electrons. The zero-order valence-electron chi connectivity index (χ0n) is 28.8. The molecule has 4 aromatic carbocycles. The first kappa shape index (κ1) is 32.4. The molecule has 3 aromatic heterocycles. The van der Waals surface area contributed by atoms with Crippen LogP contribution in [0.15, 0.2) is 122 Å². The van der Waals surface area contributed by atoms with Crippen LogP contribution in [0.2, 0.25) is 0 Å². The van der Waals surface area contributed by atoms with Crippen LogP contribution in [-0.2, 0) is 17.8 Å². The van der Waals surface area contributed by atoms with Gasteiger partial charge in [-0.3, -0.25) is 4.79 Å². The number of anilines is 2. The number of nitrogens with two attached hydrogens (primary N) is 1. The summed E-state index contributed by atoms with van der Waals surface area (Å²) in [6.07, 6.45) is 7.13. The molecule has 0 aliphatic carbocycles. The number of amides is 1. The molecule has 51 heavy (non-hydrogen) atoms. The lowest BCUT2D eigenvalue weighted by Gasteiger charge is -2.44. The van der Waals surface area contributed by atoms with Crippen LogP contribution in [0.3, 0.4) is 0 Å². The Morgan fingerprint density at radius 3 is 2.53 bits per heavy atom. The van der Waals surface area contributed by atoms with Gasteiger partial charge in [-0.1, -0.05) is 36.4 Å². The van der Waals surface area contributed by atoms with E-state index >= 15 is 0 Å². The SMILES string of the molecule is CC(O)Cc1c(-c2ccccc2)ncn1Cc1ccc2c(ccn2-c2ccc(N3CCN(c4ccc5[nH]ccc5c4)C(CCC(N)=O)C3)cc2)c1. The molecule has 0 saturated carbocycles. The maximum Gasteiger partial charge on any atom is 0.217 e. The van der Waals surface area contributed by atoms with Crippen molar-refractivity contribution in [1.29, 1.82) is 0 Å². The highest BCUT2D eigenvalue weighted by molar-refractivity contribution is 5.84. The molecule has 0 spiro atoms. The van der Waals surface area contributed by atoms with E-state index < -0.39 is 6.10 Å². The van der Waals surface area contributed by atoms with Gasteiger partial charge in [-0.2, -0.15) is 0 Å². The first-order chi connectivity index (χ1) is 24.9. The molecular weight excluding hydrogens is 635 g/mol. The molecule has 1 aliphatic heterocycles. The van der Waals surface area contributed by atoms with E-state index in [0.29, 0.717) is 25.8 Å². The number of primary amides is 1. The smallest absolute Gasteiger partial charge is 0.217 e. The van der Waals surface area contributed by atoms with Crippen LogP contribution in [-0.4, -0.2) is 61.9 Å². The molecule has 0 bridgehead atoms. The molecule has 0 radical (unpaired) electrons. The molecule has 1 saturated heterocycles. The van der Waals surface area contributed by atoms with E-state index in [1.807, 2.05) is 37.6 Å². The molecule has 1 fully saturated rings. The molecule has 2 unspecified atom stereocenters. The summed E-state index contributed by atoms with van der Waals surface area (Å²) in [5.41, 5.74) is 15.5. The molecule has 9 nitrogen and oxygen atoms in total. The average Bonchev–Trinajstić information content (AvgIpc) is 3.89. The summed E-state index contributed by atoms with van der Waals surface area (Å²) >= 11 is 0. The topological polar surface area (TPSA) is 108 Å². The number of nitrogens with zero attached hydrogens (tertiary/aromatic N) is 5. The largest absolute Gasteiger partial charge is 0.393 e. The summed E-state index contributed by atoms with van der Waals surface area (Å²) in [6, 6.07) is 36.5. The number of fused-ring (bicyclic) bond motifs is 2. The monoisotopic (exact) mass is 677 g/mol. The van der Waals surface area contributed by atoms with Gasteiger partial charge in [0.1, 0.15) is 0 Å². The van der Waals surface area contributed by atoms with E-state index in [1.165, 1.54) is 27.7 Å². The number of aliphatic hydroxyl groups excluding tert-OH is 1. The van der Waals surface area contributed by atoms with Crippen molar-refractivity contribution in [2.24, 2.45) is 5.73 Å². The van der Waals surface area contributed by atoms with Crippen molar-refractivity contribution < 1.29 is 9.90 Å². The Balaban J connectivity index is 0.992. The Kier molecular flexibility index (Phi) is 8.79. The van der Waals surface area contributed by atoms with Crippen molar-refractivity contribution in [3.05, 3.63) is 133 Å². The summed E-state index contributed by atoms with van der Waals surface area (Å²) in [7, 11) is 0. The fraction of sp³-hybridized carbons (Fsp3) is 0.238. The highest BCUT2D eigenvalue weighted by atomic mass is 16.3. The van der Waals surface area contributed by atoms with Crippen LogP contribution in [0.25, 0.3) is 38.8 Å². The van der Waals surface area contributed by atoms with Crippen LogP contribution >= 0.6 is 0 Å². The van der Waals surface area contributed by atoms with Gasteiger partial charge in [-0.05, 0) is 85.6 Å². The van der Waals surface area contributed by atoms with Crippen molar-refractivity contribution in [2.45, 2.75) is 44.9 Å². The lowest BCUT2D eigenvalue weighted by molar-refractivity contribution is -0.118. The number of carbonyl (C=O) groups is 1. The van der Waals surface area contributed by atoms with E-state index in [0.717, 1.165) is 53.3 Å². The number of imidazole rings is 1. The quantitative estimate of drug-likeness (QED) is 0.138. The lowest BCUT2D eigenvalue weighted by Crippen LogP contribution is -2.53. The van der Waals surface area contributed by atoms with E-state index in [2.05, 4.69) is 115 Å². The number of aromatic nitrogens is 4. The molecule has 2 atom stereocenters. The fourth-order valence-corrected chi connectivity index (χ4v) is 7.62. The number of aromatic amines is 1. The van der Waals surface area contributed by atoms with Gasteiger partial charge in [0.05, 0.1) is 23.6 Å². The normalized spacial score (nSPS) is 15.5. The van der Waals surface area contributed by atoms with Crippen LogP contribution in [0.4, 0.5) is 11.4 Å². The number of hydrogen-bond donors (Lipinski definition) is 3. The minimum absolute atomic E-state index is 0.167. The second kappa shape index (κ2) is 13.8. The van der Waals surface area contributed by atoms with Gasteiger partial charge in [0.25, 0.3) is 0 Å². The van der Waals surface area contributed by atoms with Crippen LogP contribution in [0, 0.1) is 0 Å². The average molecular weight is 678 g/mol. The highest BCUT2D eigenvalue weighted by Crippen LogP contribution is 2.31. The van der Waals surface area contributed by atoms with Gasteiger partial charge in [-0.15, -0.1) is 0 Å². The maximum absolute atomic E-state index is 11.8. The first-order valence-electron chi connectivity index (χ1n) is 17.7. The van der Waals surface area contributed by atoms with Crippen LogP contribution < -0.4 is 15.5 Å². The first-order valence-corrected chi connectivity index (χ1v) is 17.7. The Hall–Kier alpha value is -5.80. The number of aliphatic hydroxyl groups is 1. The van der Waals surface area contributed by atoms with Gasteiger partial charge >= 0.3 is 0 Å². The highest BCUT2D eigenvalue weighted by Gasteiger charge is 2.28. The third-order valence-electron chi connectivity index (χ3n) is 10.2. The summed E-state index contributed by atoms with van der Waals surface area (Å²) in [4.78, 5) is 24.7. The van der Waals surface area contributed by atoms with Crippen LogP contribution in [0.1, 0.15) is 31.0 Å². The van der Waals surface area contributed by atoms with E-state index in [1.54, 1.807) is 0 Å². The zero-order chi connectivity index (χ0) is 34.9. The molecular formula is C42H43N7O2. The number of nitrogens with one attached hydrogen (secondary N) is 1. The third kappa shape index (κ3) is 6.72. The lowest BCUT2D eigenvalue weighted by atomic mass is 10.0. The number of piperazine rings is 1. The Morgan fingerprint density at radius 1 is 0.922 bits per heavy atom. The number of carbonyl (C=O) groups excluding carboxylic acids is 1. The molecule has 9 heteroatoms. The van der Waals surface area contributed by atoms with Gasteiger partial charge in [0.15, 0.2) is 0 Å². The number of hydrogen-bond acceptors (Lipinski definition) is 5. The van der Waals surface area contributed by atoms with Crippen molar-refractivity contribution in [3.63, 3.8) is 0 Å².